The van der Waals surface area contributed by atoms with Crippen molar-refractivity contribution in [3.05, 3.63) is 34.4 Å². The predicted octanol–water partition coefficient (Wildman–Crippen LogP) is 1.08. The van der Waals surface area contributed by atoms with Gasteiger partial charge in [-0.15, -0.1) is 0 Å². The van der Waals surface area contributed by atoms with E-state index < -0.39 is 27.0 Å². The number of aliphatic carboxylic acids is 1. The Bertz CT molecular complexity index is 631. The summed E-state index contributed by atoms with van der Waals surface area (Å²) in [6, 6.07) is 3.16. The number of carboxylic acids is 1. The van der Waals surface area contributed by atoms with Gasteiger partial charge in [-0.25, -0.2) is 8.42 Å². The van der Waals surface area contributed by atoms with Gasteiger partial charge in [-0.3, -0.25) is 14.9 Å². The number of hydrogen-bond donors (Lipinski definition) is 2. The van der Waals surface area contributed by atoms with Gasteiger partial charge >= 0.3 is 5.97 Å². The highest BCUT2D eigenvalue weighted by molar-refractivity contribution is 7.98. The molecule has 0 unspecified atom stereocenters. The van der Waals surface area contributed by atoms with Crippen molar-refractivity contribution in [2.45, 2.75) is 17.4 Å². The molecule has 0 heterocycles. The van der Waals surface area contributed by atoms with Crippen LogP contribution in [0.5, 0.6) is 0 Å². The third-order valence-corrected chi connectivity index (χ3v) is 4.66. The van der Waals surface area contributed by atoms with Gasteiger partial charge in [-0.2, -0.15) is 16.5 Å². The molecule has 0 bridgehead atoms. The van der Waals surface area contributed by atoms with Crippen LogP contribution in [-0.4, -0.2) is 42.5 Å². The van der Waals surface area contributed by atoms with E-state index >= 15 is 0 Å². The van der Waals surface area contributed by atoms with Gasteiger partial charge in [-0.05, 0) is 24.5 Å². The molecule has 1 atom stereocenters. The number of non-ortho nitro benzene ring substituents is 1. The zero-order valence-corrected chi connectivity index (χ0v) is 12.7. The molecule has 8 nitrogen and oxygen atoms in total. The van der Waals surface area contributed by atoms with Crippen LogP contribution < -0.4 is 4.72 Å². The second-order valence-corrected chi connectivity index (χ2v) is 6.75. The summed E-state index contributed by atoms with van der Waals surface area (Å²) >= 11 is 1.39. The van der Waals surface area contributed by atoms with Crippen molar-refractivity contribution in [3.8, 4) is 0 Å². The van der Waals surface area contributed by atoms with Crippen molar-refractivity contribution in [2.24, 2.45) is 0 Å². The zero-order chi connectivity index (χ0) is 16.0. The Balaban J connectivity index is 3.01. The number of sulfonamides is 1. The van der Waals surface area contributed by atoms with E-state index in [9.17, 15) is 23.3 Å². The minimum atomic E-state index is -4.14. The fourth-order valence-corrected chi connectivity index (χ4v) is 3.22. The first-order valence-electron chi connectivity index (χ1n) is 5.76. The molecule has 0 aliphatic heterocycles. The van der Waals surface area contributed by atoms with Gasteiger partial charge < -0.3 is 5.11 Å². The van der Waals surface area contributed by atoms with E-state index in [0.29, 0.717) is 5.75 Å². The second kappa shape index (κ2) is 7.38. The summed E-state index contributed by atoms with van der Waals surface area (Å²) in [5.41, 5.74) is -0.381. The Morgan fingerprint density at radius 1 is 1.52 bits per heavy atom. The highest BCUT2D eigenvalue weighted by Crippen LogP contribution is 2.18. The van der Waals surface area contributed by atoms with Crippen LogP contribution in [0.4, 0.5) is 5.69 Å². The maximum Gasteiger partial charge on any atom is 0.321 e. The average Bonchev–Trinajstić information content (AvgIpc) is 2.43. The van der Waals surface area contributed by atoms with Crippen LogP contribution in [0.15, 0.2) is 29.2 Å². The van der Waals surface area contributed by atoms with Crippen molar-refractivity contribution in [2.75, 3.05) is 12.0 Å². The van der Waals surface area contributed by atoms with Gasteiger partial charge in [0.15, 0.2) is 0 Å². The number of nitrogens with zero attached hydrogens (tertiary/aromatic N) is 1. The van der Waals surface area contributed by atoms with Gasteiger partial charge in [0.2, 0.25) is 10.0 Å². The molecule has 0 aromatic heterocycles. The lowest BCUT2D eigenvalue weighted by Crippen LogP contribution is -2.41. The molecule has 0 saturated carbocycles. The summed E-state index contributed by atoms with van der Waals surface area (Å²) in [5.74, 6) is -0.827. The van der Waals surface area contributed by atoms with Crippen LogP contribution in [0.25, 0.3) is 0 Å². The number of nitrogens with one attached hydrogen (secondary N) is 1. The standard InChI is InChI=1S/C11H14N2O6S2/c1-20-6-5-10(11(14)15)12-21(18,19)9-4-2-3-8(7-9)13(16)17/h2-4,7,10,12H,5-6H2,1H3,(H,14,15)/t10-/m1/s1. The topological polar surface area (TPSA) is 127 Å². The maximum atomic E-state index is 12.1. The monoisotopic (exact) mass is 334 g/mol. The first-order valence-corrected chi connectivity index (χ1v) is 8.64. The highest BCUT2D eigenvalue weighted by atomic mass is 32.2. The quantitative estimate of drug-likeness (QED) is 0.538. The van der Waals surface area contributed by atoms with E-state index in [0.717, 1.165) is 12.1 Å². The Morgan fingerprint density at radius 3 is 2.71 bits per heavy atom. The number of nitro benzene ring substituents is 1. The molecule has 116 valence electrons. The van der Waals surface area contributed by atoms with Gasteiger partial charge in [0.1, 0.15) is 6.04 Å². The summed E-state index contributed by atoms with van der Waals surface area (Å²) in [7, 11) is -4.14. The smallest absolute Gasteiger partial charge is 0.321 e. The molecule has 0 aliphatic rings. The molecule has 0 fully saturated rings. The van der Waals surface area contributed by atoms with Crippen LogP contribution in [0.2, 0.25) is 0 Å². The fraction of sp³-hybridized carbons (Fsp3) is 0.364. The number of rotatable bonds is 8. The Labute approximate surface area is 125 Å². The van der Waals surface area contributed by atoms with Gasteiger partial charge in [0.05, 0.1) is 9.82 Å². The summed E-state index contributed by atoms with van der Waals surface area (Å²) in [5, 5.41) is 19.7. The Hall–Kier alpha value is -1.65. The van der Waals surface area contributed by atoms with Gasteiger partial charge in [-0.1, -0.05) is 6.07 Å². The van der Waals surface area contributed by atoms with E-state index in [-0.39, 0.29) is 17.0 Å². The molecule has 0 aliphatic carbocycles. The minimum Gasteiger partial charge on any atom is -0.480 e. The maximum absolute atomic E-state index is 12.1. The number of nitro groups is 1. The summed E-state index contributed by atoms with van der Waals surface area (Å²) in [4.78, 5) is 20.6. The molecule has 21 heavy (non-hydrogen) atoms. The van der Waals surface area contributed by atoms with Crippen LogP contribution in [0, 0.1) is 10.1 Å². The summed E-state index contributed by atoms with van der Waals surface area (Å²) < 4.78 is 26.2. The van der Waals surface area contributed by atoms with E-state index in [2.05, 4.69) is 0 Å². The predicted molar refractivity (Wildman–Crippen MR) is 77.8 cm³/mol. The van der Waals surface area contributed by atoms with Crippen molar-refractivity contribution in [1.82, 2.24) is 4.72 Å². The number of benzene rings is 1. The number of thioether (sulfide) groups is 1. The van der Waals surface area contributed by atoms with E-state index in [1.54, 1.807) is 6.26 Å². The number of carboxylic acid groups (broad SMARTS) is 1. The van der Waals surface area contributed by atoms with Crippen molar-refractivity contribution in [1.29, 1.82) is 0 Å². The normalized spacial score (nSPS) is 12.8. The third kappa shape index (κ3) is 4.99. The minimum absolute atomic E-state index is 0.116. The van der Waals surface area contributed by atoms with Crippen molar-refractivity contribution >= 4 is 33.4 Å². The third-order valence-electron chi connectivity index (χ3n) is 2.54. The molecule has 1 aromatic rings. The number of hydrogen-bond acceptors (Lipinski definition) is 6. The van der Waals surface area contributed by atoms with Gasteiger partial charge in [0, 0.05) is 12.1 Å². The molecule has 0 amide bonds. The fourth-order valence-electron chi connectivity index (χ4n) is 1.49. The first-order chi connectivity index (χ1) is 9.77. The Morgan fingerprint density at radius 2 is 2.19 bits per heavy atom. The van der Waals surface area contributed by atoms with Gasteiger partial charge in [0.25, 0.3) is 5.69 Å². The molecule has 1 aromatic carbocycles. The molecule has 0 spiro atoms. The lowest BCUT2D eigenvalue weighted by Gasteiger charge is -2.14. The van der Waals surface area contributed by atoms with Crippen molar-refractivity contribution < 1.29 is 23.2 Å². The molecule has 0 radical (unpaired) electrons. The lowest BCUT2D eigenvalue weighted by molar-refractivity contribution is -0.385. The van der Waals surface area contributed by atoms with Crippen LogP contribution in [0.3, 0.4) is 0 Å². The summed E-state index contributed by atoms with van der Waals surface area (Å²) in [6.07, 6.45) is 1.89. The summed E-state index contributed by atoms with van der Waals surface area (Å²) in [6.45, 7) is 0. The molecule has 2 N–H and O–H groups in total. The molecular weight excluding hydrogens is 320 g/mol. The van der Waals surface area contributed by atoms with E-state index in [1.807, 2.05) is 4.72 Å². The second-order valence-electron chi connectivity index (χ2n) is 4.05. The lowest BCUT2D eigenvalue weighted by atomic mass is 10.2. The van der Waals surface area contributed by atoms with Crippen molar-refractivity contribution in [3.63, 3.8) is 0 Å². The van der Waals surface area contributed by atoms with Crippen LogP contribution in [-0.2, 0) is 14.8 Å². The van der Waals surface area contributed by atoms with E-state index in [1.165, 1.54) is 23.9 Å². The Kier molecular flexibility index (Phi) is 6.12. The molecule has 1 rings (SSSR count). The average molecular weight is 334 g/mol. The highest BCUT2D eigenvalue weighted by Gasteiger charge is 2.26. The SMILES string of the molecule is CSCC[C@@H](NS(=O)(=O)c1cccc([N+](=O)[O-])c1)C(=O)O. The van der Waals surface area contributed by atoms with Crippen LogP contribution in [0.1, 0.15) is 6.42 Å². The molecule has 10 heteroatoms. The molecular formula is C11H14N2O6S2. The first kappa shape index (κ1) is 17.4. The van der Waals surface area contributed by atoms with E-state index in [4.69, 9.17) is 5.11 Å². The van der Waals surface area contributed by atoms with Crippen LogP contribution >= 0.6 is 11.8 Å². The molecule has 0 saturated heterocycles. The largest absolute Gasteiger partial charge is 0.480 e. The zero-order valence-electron chi connectivity index (χ0n) is 11.1. The number of carbonyl (C=O) groups is 1.